The van der Waals surface area contributed by atoms with Gasteiger partial charge in [-0.1, -0.05) is 53.7 Å². The van der Waals surface area contributed by atoms with Crippen LogP contribution in [0.2, 0.25) is 5.02 Å². The van der Waals surface area contributed by atoms with Crippen LogP contribution in [0.3, 0.4) is 0 Å². The fourth-order valence-corrected chi connectivity index (χ4v) is 4.70. The van der Waals surface area contributed by atoms with Gasteiger partial charge in [0, 0.05) is 44.0 Å². The summed E-state index contributed by atoms with van der Waals surface area (Å²) < 4.78 is 21.3. The lowest BCUT2D eigenvalue weighted by atomic mass is 10.2. The SMILES string of the molecule is COCCCn1c(SCC(=O)N(Cc2ccccc2F)C2CC2)nnc1-c1ccccc1Cl. The second-order valence-electron chi connectivity index (χ2n) is 7.92. The molecule has 1 fully saturated rings. The van der Waals surface area contributed by atoms with Crippen LogP contribution in [-0.4, -0.2) is 51.1 Å². The molecule has 1 amide bonds. The number of benzene rings is 2. The van der Waals surface area contributed by atoms with Crippen LogP contribution in [0.25, 0.3) is 11.4 Å². The summed E-state index contributed by atoms with van der Waals surface area (Å²) in [4.78, 5) is 14.9. The van der Waals surface area contributed by atoms with Crippen molar-refractivity contribution in [1.82, 2.24) is 19.7 Å². The van der Waals surface area contributed by atoms with Gasteiger partial charge in [0.25, 0.3) is 0 Å². The quantitative estimate of drug-likeness (QED) is 0.279. The standard InChI is InChI=1S/C24H26ClFN4O2S/c1-32-14-6-13-29-23(19-8-3-4-9-20(19)25)27-28-24(29)33-16-22(31)30(18-11-12-18)15-17-7-2-5-10-21(17)26/h2-5,7-10,18H,6,11-16H2,1H3. The molecule has 4 rings (SSSR count). The third-order valence-electron chi connectivity index (χ3n) is 5.49. The van der Waals surface area contributed by atoms with Crippen molar-refractivity contribution in [2.24, 2.45) is 0 Å². The van der Waals surface area contributed by atoms with Gasteiger partial charge in [-0.15, -0.1) is 10.2 Å². The second-order valence-corrected chi connectivity index (χ2v) is 9.27. The minimum Gasteiger partial charge on any atom is -0.385 e. The first-order valence-electron chi connectivity index (χ1n) is 10.9. The Balaban J connectivity index is 1.50. The van der Waals surface area contributed by atoms with E-state index < -0.39 is 0 Å². The van der Waals surface area contributed by atoms with Crippen molar-refractivity contribution in [3.8, 4) is 11.4 Å². The summed E-state index contributed by atoms with van der Waals surface area (Å²) in [6.07, 6.45) is 2.68. The highest BCUT2D eigenvalue weighted by atomic mass is 35.5. The molecule has 9 heteroatoms. The van der Waals surface area contributed by atoms with E-state index in [1.54, 1.807) is 30.2 Å². The molecule has 174 valence electrons. The summed E-state index contributed by atoms with van der Waals surface area (Å²) in [6, 6.07) is 14.3. The van der Waals surface area contributed by atoms with E-state index in [0.29, 0.717) is 34.7 Å². The number of hydrogen-bond donors (Lipinski definition) is 0. The largest absolute Gasteiger partial charge is 0.385 e. The Kier molecular flexibility index (Phi) is 8.01. The molecule has 0 bridgehead atoms. The number of nitrogens with zero attached hydrogens (tertiary/aromatic N) is 4. The lowest BCUT2D eigenvalue weighted by molar-refractivity contribution is -0.129. The molecule has 2 aromatic carbocycles. The van der Waals surface area contributed by atoms with Crippen LogP contribution < -0.4 is 0 Å². The Labute approximate surface area is 202 Å². The first-order chi connectivity index (χ1) is 16.1. The van der Waals surface area contributed by atoms with Gasteiger partial charge >= 0.3 is 0 Å². The normalized spacial score (nSPS) is 13.3. The van der Waals surface area contributed by atoms with Crippen molar-refractivity contribution in [2.75, 3.05) is 19.5 Å². The Morgan fingerprint density at radius 1 is 1.21 bits per heavy atom. The fraction of sp³-hybridized carbons (Fsp3) is 0.375. The molecule has 1 aromatic heterocycles. The molecule has 0 aliphatic heterocycles. The number of thioether (sulfide) groups is 1. The smallest absolute Gasteiger partial charge is 0.233 e. The van der Waals surface area contributed by atoms with Crippen molar-refractivity contribution >= 4 is 29.3 Å². The van der Waals surface area contributed by atoms with Crippen LogP contribution in [-0.2, 0) is 22.6 Å². The summed E-state index contributed by atoms with van der Waals surface area (Å²) in [5.41, 5.74) is 1.33. The number of carbonyl (C=O) groups excluding carboxylic acids is 1. The summed E-state index contributed by atoms with van der Waals surface area (Å²) in [6.45, 7) is 1.52. The topological polar surface area (TPSA) is 60.2 Å². The summed E-state index contributed by atoms with van der Waals surface area (Å²) in [5.74, 6) is 0.551. The number of ether oxygens (including phenoxy) is 1. The van der Waals surface area contributed by atoms with Gasteiger partial charge in [-0.05, 0) is 37.5 Å². The number of methoxy groups -OCH3 is 1. The predicted octanol–water partition coefficient (Wildman–Crippen LogP) is 5.06. The molecule has 0 radical (unpaired) electrons. The molecule has 6 nitrogen and oxygen atoms in total. The zero-order valence-corrected chi connectivity index (χ0v) is 20.0. The van der Waals surface area contributed by atoms with Crippen LogP contribution >= 0.6 is 23.4 Å². The predicted molar refractivity (Wildman–Crippen MR) is 128 cm³/mol. The molecule has 0 N–H and O–H groups in total. The molecule has 0 unspecified atom stereocenters. The third kappa shape index (κ3) is 5.93. The highest BCUT2D eigenvalue weighted by Crippen LogP contribution is 2.32. The number of hydrogen-bond acceptors (Lipinski definition) is 5. The van der Waals surface area contributed by atoms with E-state index in [0.717, 1.165) is 24.8 Å². The van der Waals surface area contributed by atoms with Gasteiger partial charge in [0.2, 0.25) is 5.91 Å². The van der Waals surface area contributed by atoms with Gasteiger partial charge < -0.3 is 14.2 Å². The van der Waals surface area contributed by atoms with Crippen LogP contribution in [0.15, 0.2) is 53.7 Å². The monoisotopic (exact) mass is 488 g/mol. The van der Waals surface area contributed by atoms with Crippen LogP contribution in [0.4, 0.5) is 4.39 Å². The van der Waals surface area contributed by atoms with Crippen molar-refractivity contribution < 1.29 is 13.9 Å². The Morgan fingerprint density at radius 2 is 1.97 bits per heavy atom. The molecule has 1 aliphatic rings. The van der Waals surface area contributed by atoms with E-state index in [1.807, 2.05) is 28.8 Å². The minimum absolute atomic E-state index is 0.0310. The van der Waals surface area contributed by atoms with Crippen molar-refractivity contribution in [1.29, 1.82) is 0 Å². The van der Waals surface area contributed by atoms with E-state index in [1.165, 1.54) is 17.8 Å². The Hall–Kier alpha value is -2.42. The van der Waals surface area contributed by atoms with Crippen molar-refractivity contribution in [2.45, 2.75) is 43.6 Å². The molecule has 0 spiro atoms. The number of amides is 1. The van der Waals surface area contributed by atoms with E-state index in [2.05, 4.69) is 10.2 Å². The van der Waals surface area contributed by atoms with Gasteiger partial charge in [-0.2, -0.15) is 0 Å². The van der Waals surface area contributed by atoms with Gasteiger partial charge in [-0.25, -0.2) is 4.39 Å². The van der Waals surface area contributed by atoms with Gasteiger partial charge in [0.1, 0.15) is 5.82 Å². The summed E-state index contributed by atoms with van der Waals surface area (Å²) in [7, 11) is 1.66. The first kappa shape index (κ1) is 23.7. The molecule has 1 aliphatic carbocycles. The summed E-state index contributed by atoms with van der Waals surface area (Å²) in [5, 5.41) is 9.96. The maximum atomic E-state index is 14.2. The van der Waals surface area contributed by atoms with Gasteiger partial charge in [0.05, 0.1) is 10.8 Å². The number of rotatable bonds is 11. The zero-order valence-electron chi connectivity index (χ0n) is 18.4. The average Bonchev–Trinajstić information content (AvgIpc) is 3.58. The minimum atomic E-state index is -0.286. The van der Waals surface area contributed by atoms with E-state index in [9.17, 15) is 9.18 Å². The highest BCUT2D eigenvalue weighted by Gasteiger charge is 2.33. The van der Waals surface area contributed by atoms with Crippen LogP contribution in [0, 0.1) is 5.82 Å². The number of carbonyl (C=O) groups is 1. The van der Waals surface area contributed by atoms with Crippen molar-refractivity contribution in [3.05, 3.63) is 64.9 Å². The zero-order chi connectivity index (χ0) is 23.2. The lowest BCUT2D eigenvalue weighted by Gasteiger charge is -2.22. The van der Waals surface area contributed by atoms with Crippen LogP contribution in [0.1, 0.15) is 24.8 Å². The van der Waals surface area contributed by atoms with Gasteiger partial charge in [0.15, 0.2) is 11.0 Å². The van der Waals surface area contributed by atoms with Gasteiger partial charge in [-0.3, -0.25) is 4.79 Å². The maximum Gasteiger partial charge on any atom is 0.233 e. The molecule has 33 heavy (non-hydrogen) atoms. The molecule has 3 aromatic rings. The average molecular weight is 489 g/mol. The molecule has 0 saturated heterocycles. The lowest BCUT2D eigenvalue weighted by Crippen LogP contribution is -2.34. The van der Waals surface area contributed by atoms with E-state index in [4.69, 9.17) is 16.3 Å². The maximum absolute atomic E-state index is 14.2. The van der Waals surface area contributed by atoms with Crippen LogP contribution in [0.5, 0.6) is 0 Å². The number of halogens is 2. The second kappa shape index (κ2) is 11.1. The Bertz CT molecular complexity index is 1110. The Morgan fingerprint density at radius 3 is 2.70 bits per heavy atom. The number of aromatic nitrogens is 3. The molecule has 1 heterocycles. The molecule has 0 atom stereocenters. The molecular formula is C24H26ClFN4O2S. The van der Waals surface area contributed by atoms with Crippen molar-refractivity contribution in [3.63, 3.8) is 0 Å². The fourth-order valence-electron chi connectivity index (χ4n) is 3.63. The highest BCUT2D eigenvalue weighted by molar-refractivity contribution is 7.99. The molecule has 1 saturated carbocycles. The summed E-state index contributed by atoms with van der Waals surface area (Å²) >= 11 is 7.74. The van der Waals surface area contributed by atoms with E-state index >= 15 is 0 Å². The molecular weight excluding hydrogens is 463 g/mol. The third-order valence-corrected chi connectivity index (χ3v) is 6.77. The first-order valence-corrected chi connectivity index (χ1v) is 12.3. The van der Waals surface area contributed by atoms with E-state index in [-0.39, 0.29) is 30.1 Å².